The highest BCUT2D eigenvalue weighted by molar-refractivity contribution is 14.1. The number of nitrogens with one attached hydrogen (secondary N) is 1. The Morgan fingerprint density at radius 1 is 1.11 bits per heavy atom. The normalized spacial score (nSPS) is 14.1. The fourth-order valence-corrected chi connectivity index (χ4v) is 3.95. The molecule has 142 valence electrons. The molecule has 3 rings (SSSR count). The minimum Gasteiger partial charge on any atom is -0.366 e. The number of nitro benzene ring substituents is 1. The first-order valence-electron chi connectivity index (χ1n) is 8.98. The van der Waals surface area contributed by atoms with Gasteiger partial charge in [-0.1, -0.05) is 0 Å². The second-order valence-electron chi connectivity index (χ2n) is 6.88. The number of nitro groups is 1. The number of nitrogens with zero attached hydrogens (tertiary/aromatic N) is 2. The average Bonchev–Trinajstić information content (AvgIpc) is 2.66. The quantitative estimate of drug-likeness (QED) is 0.378. The number of halogens is 1. The van der Waals surface area contributed by atoms with Gasteiger partial charge in [0.1, 0.15) is 5.69 Å². The van der Waals surface area contributed by atoms with Gasteiger partial charge in [0.25, 0.3) is 11.6 Å². The Kier molecular flexibility index (Phi) is 5.98. The van der Waals surface area contributed by atoms with Crippen LogP contribution in [0.4, 0.5) is 17.1 Å². The molecule has 27 heavy (non-hydrogen) atoms. The summed E-state index contributed by atoms with van der Waals surface area (Å²) in [4.78, 5) is 25.9. The lowest BCUT2D eigenvalue weighted by molar-refractivity contribution is -0.384. The number of aryl methyl sites for hydroxylation is 2. The van der Waals surface area contributed by atoms with E-state index in [1.165, 1.54) is 6.07 Å². The Labute approximate surface area is 172 Å². The number of hydrogen-bond donors (Lipinski definition) is 1. The van der Waals surface area contributed by atoms with E-state index in [-0.39, 0.29) is 17.2 Å². The summed E-state index contributed by atoms with van der Waals surface area (Å²) in [6.45, 7) is 5.54. The molecule has 0 saturated carbocycles. The van der Waals surface area contributed by atoms with Gasteiger partial charge in [-0.2, -0.15) is 0 Å². The van der Waals surface area contributed by atoms with Crippen molar-refractivity contribution in [2.24, 2.45) is 0 Å². The van der Waals surface area contributed by atoms with Crippen molar-refractivity contribution in [2.75, 3.05) is 23.3 Å². The van der Waals surface area contributed by atoms with Crippen LogP contribution in [0.1, 0.15) is 40.7 Å². The SMILES string of the molecule is Cc1cc(NC(=O)c2ccc(N3CCCCC3)c([N+](=O)[O-])c2)c(C)cc1I. The third-order valence-corrected chi connectivity index (χ3v) is 6.05. The first-order valence-corrected chi connectivity index (χ1v) is 10.1. The molecule has 0 atom stereocenters. The molecular formula is C20H22IN3O3. The molecule has 7 heteroatoms. The van der Waals surface area contributed by atoms with Crippen molar-refractivity contribution in [3.8, 4) is 0 Å². The van der Waals surface area contributed by atoms with E-state index in [2.05, 4.69) is 27.9 Å². The maximum absolute atomic E-state index is 12.7. The van der Waals surface area contributed by atoms with Crippen molar-refractivity contribution in [3.63, 3.8) is 0 Å². The Bertz CT molecular complexity index is 892. The van der Waals surface area contributed by atoms with Crippen LogP contribution in [0.3, 0.4) is 0 Å². The summed E-state index contributed by atoms with van der Waals surface area (Å²) >= 11 is 2.26. The number of carbonyl (C=O) groups is 1. The van der Waals surface area contributed by atoms with Crippen molar-refractivity contribution in [1.29, 1.82) is 0 Å². The molecule has 0 radical (unpaired) electrons. The van der Waals surface area contributed by atoms with Gasteiger partial charge in [0.15, 0.2) is 0 Å². The lowest BCUT2D eigenvalue weighted by atomic mass is 10.1. The summed E-state index contributed by atoms with van der Waals surface area (Å²) in [6, 6.07) is 8.68. The third-order valence-electron chi connectivity index (χ3n) is 4.88. The van der Waals surface area contributed by atoms with Crippen molar-refractivity contribution in [1.82, 2.24) is 0 Å². The van der Waals surface area contributed by atoms with E-state index in [0.29, 0.717) is 5.69 Å². The number of benzene rings is 2. The summed E-state index contributed by atoms with van der Waals surface area (Å²) in [6.07, 6.45) is 3.22. The molecule has 2 aromatic carbocycles. The van der Waals surface area contributed by atoms with E-state index < -0.39 is 4.92 Å². The van der Waals surface area contributed by atoms with Gasteiger partial charge in [-0.05, 0) is 91.1 Å². The van der Waals surface area contributed by atoms with Gasteiger partial charge < -0.3 is 10.2 Å². The second-order valence-corrected chi connectivity index (χ2v) is 8.04. The monoisotopic (exact) mass is 479 g/mol. The Balaban J connectivity index is 1.88. The topological polar surface area (TPSA) is 75.5 Å². The molecule has 1 aliphatic rings. The fourth-order valence-electron chi connectivity index (χ4n) is 3.32. The molecule has 1 N–H and O–H groups in total. The maximum Gasteiger partial charge on any atom is 0.293 e. The zero-order valence-corrected chi connectivity index (χ0v) is 17.6. The van der Waals surface area contributed by atoms with E-state index >= 15 is 0 Å². The van der Waals surface area contributed by atoms with Crippen molar-refractivity contribution in [2.45, 2.75) is 33.1 Å². The molecule has 1 heterocycles. The average molecular weight is 479 g/mol. The molecule has 1 fully saturated rings. The van der Waals surface area contributed by atoms with Gasteiger partial charge in [0.05, 0.1) is 4.92 Å². The van der Waals surface area contributed by atoms with E-state index in [9.17, 15) is 14.9 Å². The van der Waals surface area contributed by atoms with Crippen LogP contribution in [0.15, 0.2) is 30.3 Å². The third kappa shape index (κ3) is 4.40. The molecule has 0 unspecified atom stereocenters. The van der Waals surface area contributed by atoms with Crippen LogP contribution >= 0.6 is 22.6 Å². The molecule has 1 aliphatic heterocycles. The van der Waals surface area contributed by atoms with Gasteiger partial charge >= 0.3 is 0 Å². The summed E-state index contributed by atoms with van der Waals surface area (Å²) in [7, 11) is 0. The van der Waals surface area contributed by atoms with Crippen LogP contribution < -0.4 is 10.2 Å². The Morgan fingerprint density at radius 3 is 2.48 bits per heavy atom. The molecule has 6 nitrogen and oxygen atoms in total. The number of rotatable bonds is 4. The van der Waals surface area contributed by atoms with Gasteiger partial charge in [0, 0.05) is 34.0 Å². The highest BCUT2D eigenvalue weighted by Gasteiger charge is 2.23. The molecule has 1 amide bonds. The summed E-state index contributed by atoms with van der Waals surface area (Å²) in [5.74, 6) is -0.341. The fraction of sp³-hybridized carbons (Fsp3) is 0.350. The zero-order chi connectivity index (χ0) is 19.6. The van der Waals surface area contributed by atoms with E-state index in [1.54, 1.807) is 12.1 Å². The first-order chi connectivity index (χ1) is 12.9. The van der Waals surface area contributed by atoms with Gasteiger partial charge in [-0.15, -0.1) is 0 Å². The number of anilines is 2. The van der Waals surface area contributed by atoms with Gasteiger partial charge in [-0.25, -0.2) is 0 Å². The van der Waals surface area contributed by atoms with Crippen LogP contribution in [0.5, 0.6) is 0 Å². The largest absolute Gasteiger partial charge is 0.366 e. The predicted octanol–water partition coefficient (Wildman–Crippen LogP) is 5.06. The lowest BCUT2D eigenvalue weighted by Crippen LogP contribution is -2.30. The molecular weight excluding hydrogens is 457 g/mol. The standard InChI is InChI=1S/C20H22IN3O3/c1-13-11-17(14(2)10-16(13)21)22-20(25)15-6-7-18(19(12-15)24(26)27)23-8-4-3-5-9-23/h6-7,10-12H,3-5,8-9H2,1-2H3,(H,22,25). The second kappa shape index (κ2) is 8.24. The first kappa shape index (κ1) is 19.6. The molecule has 0 bridgehead atoms. The minimum absolute atomic E-state index is 0.0138. The van der Waals surface area contributed by atoms with Crippen molar-refractivity contribution < 1.29 is 9.72 Å². The summed E-state index contributed by atoms with van der Waals surface area (Å²) in [5, 5.41) is 14.5. The van der Waals surface area contributed by atoms with Crippen LogP contribution in [-0.4, -0.2) is 23.9 Å². The van der Waals surface area contributed by atoms with E-state index in [1.807, 2.05) is 30.9 Å². The molecule has 0 spiro atoms. The van der Waals surface area contributed by atoms with E-state index in [4.69, 9.17) is 0 Å². The zero-order valence-electron chi connectivity index (χ0n) is 15.4. The number of carbonyl (C=O) groups excluding carboxylic acids is 1. The van der Waals surface area contributed by atoms with E-state index in [0.717, 1.165) is 52.7 Å². The highest BCUT2D eigenvalue weighted by Crippen LogP contribution is 2.32. The minimum atomic E-state index is -0.402. The van der Waals surface area contributed by atoms with Crippen LogP contribution in [0.25, 0.3) is 0 Å². The van der Waals surface area contributed by atoms with Crippen LogP contribution in [0.2, 0.25) is 0 Å². The van der Waals surface area contributed by atoms with Gasteiger partial charge in [0.2, 0.25) is 0 Å². The van der Waals surface area contributed by atoms with Crippen LogP contribution in [0, 0.1) is 27.5 Å². The Hall–Kier alpha value is -2.16. The smallest absolute Gasteiger partial charge is 0.293 e. The van der Waals surface area contributed by atoms with Gasteiger partial charge in [-0.3, -0.25) is 14.9 Å². The molecule has 0 aromatic heterocycles. The molecule has 0 aliphatic carbocycles. The molecule has 2 aromatic rings. The lowest BCUT2D eigenvalue weighted by Gasteiger charge is -2.28. The number of amides is 1. The highest BCUT2D eigenvalue weighted by atomic mass is 127. The van der Waals surface area contributed by atoms with Crippen molar-refractivity contribution >= 4 is 45.6 Å². The maximum atomic E-state index is 12.7. The predicted molar refractivity (Wildman–Crippen MR) is 116 cm³/mol. The molecule has 1 saturated heterocycles. The number of piperidine rings is 1. The van der Waals surface area contributed by atoms with Crippen molar-refractivity contribution in [3.05, 3.63) is 60.7 Å². The van der Waals surface area contributed by atoms with Crippen LogP contribution in [-0.2, 0) is 0 Å². The summed E-state index contributed by atoms with van der Waals surface area (Å²) < 4.78 is 1.13. The Morgan fingerprint density at radius 2 is 1.81 bits per heavy atom. The summed E-state index contributed by atoms with van der Waals surface area (Å²) in [5.41, 5.74) is 3.62. The number of hydrogen-bond acceptors (Lipinski definition) is 4.